The molecule has 3 N–H and O–H groups in total. The number of hydrogen-bond donors (Lipinski definition) is 3. The predicted molar refractivity (Wildman–Crippen MR) is 74.0 cm³/mol. The average molecular weight is 270 g/mol. The number of nitrogens with one attached hydrogen (secondary N) is 2. The zero-order valence-electron chi connectivity index (χ0n) is 11.9. The second-order valence-electron chi connectivity index (χ2n) is 5.67. The van der Waals surface area contributed by atoms with Gasteiger partial charge in [-0.3, -0.25) is 4.79 Å². The summed E-state index contributed by atoms with van der Waals surface area (Å²) in [6.45, 7) is 3.67. The van der Waals surface area contributed by atoms with Crippen molar-refractivity contribution < 1.29 is 14.7 Å². The lowest BCUT2D eigenvalue weighted by atomic mass is 10.0. The smallest absolute Gasteiger partial charge is 0.315 e. The lowest BCUT2D eigenvalue weighted by Gasteiger charge is -2.17. The van der Waals surface area contributed by atoms with Crippen LogP contribution in [0.4, 0.5) is 4.79 Å². The molecule has 2 unspecified atom stereocenters. The second kappa shape index (κ2) is 8.02. The first kappa shape index (κ1) is 15.8. The highest BCUT2D eigenvalue weighted by molar-refractivity contribution is 5.74. The van der Waals surface area contributed by atoms with Crippen LogP contribution in [-0.2, 0) is 4.79 Å². The third-order valence-electron chi connectivity index (χ3n) is 3.76. The van der Waals surface area contributed by atoms with Gasteiger partial charge in [-0.2, -0.15) is 0 Å². The molecule has 0 heterocycles. The molecule has 0 aromatic carbocycles. The molecule has 1 rings (SSSR count). The maximum Gasteiger partial charge on any atom is 0.315 e. The maximum absolute atomic E-state index is 11.7. The first-order chi connectivity index (χ1) is 8.99. The minimum absolute atomic E-state index is 0.0856. The Bertz CT molecular complexity index is 301. The lowest BCUT2D eigenvalue weighted by Crippen LogP contribution is -2.44. The molecule has 5 nitrogen and oxygen atoms in total. The average Bonchev–Trinajstić information content (AvgIpc) is 2.81. The van der Waals surface area contributed by atoms with Crippen LogP contribution in [0, 0.1) is 5.92 Å². The number of hydrogen-bond acceptors (Lipinski definition) is 2. The van der Waals surface area contributed by atoms with E-state index in [9.17, 15) is 9.59 Å². The van der Waals surface area contributed by atoms with Crippen LogP contribution in [0.15, 0.2) is 0 Å². The normalized spacial score (nSPS) is 18.8. The van der Waals surface area contributed by atoms with E-state index >= 15 is 0 Å². The Morgan fingerprint density at radius 1 is 1.21 bits per heavy atom. The highest BCUT2D eigenvalue weighted by Crippen LogP contribution is 2.17. The van der Waals surface area contributed by atoms with Crippen molar-refractivity contribution >= 4 is 12.0 Å². The number of carboxylic acid groups (broad SMARTS) is 1. The zero-order valence-corrected chi connectivity index (χ0v) is 11.9. The largest absolute Gasteiger partial charge is 0.481 e. The summed E-state index contributed by atoms with van der Waals surface area (Å²) in [5.41, 5.74) is 0. The number of aliphatic carboxylic acids is 1. The van der Waals surface area contributed by atoms with Crippen LogP contribution < -0.4 is 10.6 Å². The molecule has 1 fully saturated rings. The molecule has 0 aliphatic heterocycles. The number of rotatable bonds is 7. The van der Waals surface area contributed by atoms with Gasteiger partial charge in [0, 0.05) is 12.1 Å². The molecule has 0 bridgehead atoms. The molecular formula is C14H26N2O3. The Balaban J connectivity index is 2.10. The van der Waals surface area contributed by atoms with E-state index in [1.54, 1.807) is 6.92 Å². The molecular weight excluding hydrogens is 244 g/mol. The molecule has 0 aromatic rings. The summed E-state index contributed by atoms with van der Waals surface area (Å²) < 4.78 is 0. The van der Waals surface area contributed by atoms with Gasteiger partial charge in [0.05, 0.1) is 5.92 Å². The van der Waals surface area contributed by atoms with Crippen molar-refractivity contribution in [1.82, 2.24) is 10.6 Å². The van der Waals surface area contributed by atoms with Gasteiger partial charge in [0.15, 0.2) is 0 Å². The van der Waals surface area contributed by atoms with Gasteiger partial charge < -0.3 is 15.7 Å². The molecule has 1 aliphatic carbocycles. The van der Waals surface area contributed by atoms with Crippen LogP contribution in [0.25, 0.3) is 0 Å². The van der Waals surface area contributed by atoms with E-state index in [2.05, 4.69) is 10.6 Å². The minimum Gasteiger partial charge on any atom is -0.481 e. The van der Waals surface area contributed by atoms with Gasteiger partial charge in [-0.05, 0) is 32.6 Å². The maximum atomic E-state index is 11.7. The van der Waals surface area contributed by atoms with Crippen molar-refractivity contribution in [1.29, 1.82) is 0 Å². The van der Waals surface area contributed by atoms with Crippen molar-refractivity contribution in [3.63, 3.8) is 0 Å². The predicted octanol–water partition coefficient (Wildman–Crippen LogP) is 2.51. The third-order valence-corrected chi connectivity index (χ3v) is 3.76. The van der Waals surface area contributed by atoms with Gasteiger partial charge in [-0.1, -0.05) is 26.2 Å². The molecule has 0 spiro atoms. The summed E-state index contributed by atoms with van der Waals surface area (Å²) in [5.74, 6) is -1.06. The monoisotopic (exact) mass is 270 g/mol. The Hall–Kier alpha value is -1.26. The summed E-state index contributed by atoms with van der Waals surface area (Å²) >= 11 is 0. The van der Waals surface area contributed by atoms with Crippen molar-refractivity contribution in [2.75, 3.05) is 0 Å². The van der Waals surface area contributed by atoms with Gasteiger partial charge in [0.2, 0.25) is 0 Å². The van der Waals surface area contributed by atoms with Gasteiger partial charge in [-0.15, -0.1) is 0 Å². The molecule has 2 atom stereocenters. The van der Waals surface area contributed by atoms with E-state index in [1.807, 2.05) is 6.92 Å². The number of amides is 2. The molecule has 1 aliphatic rings. The molecule has 110 valence electrons. The number of carbonyl (C=O) groups is 2. The van der Waals surface area contributed by atoms with Crippen LogP contribution in [-0.4, -0.2) is 29.2 Å². The molecule has 2 amide bonds. The summed E-state index contributed by atoms with van der Waals surface area (Å²) in [5, 5.41) is 14.7. The van der Waals surface area contributed by atoms with Crippen LogP contribution in [0.1, 0.15) is 58.8 Å². The summed E-state index contributed by atoms with van der Waals surface area (Å²) in [6.07, 6.45) is 6.86. The van der Waals surface area contributed by atoms with E-state index < -0.39 is 5.97 Å². The summed E-state index contributed by atoms with van der Waals surface area (Å²) in [4.78, 5) is 22.4. The first-order valence-electron chi connectivity index (χ1n) is 7.29. The fraction of sp³-hybridized carbons (Fsp3) is 0.857. The zero-order chi connectivity index (χ0) is 14.3. The highest BCUT2D eigenvalue weighted by Gasteiger charge is 2.18. The quantitative estimate of drug-likeness (QED) is 0.665. The Labute approximate surface area is 115 Å². The molecule has 0 saturated heterocycles. The fourth-order valence-corrected chi connectivity index (χ4v) is 2.45. The van der Waals surface area contributed by atoms with Gasteiger partial charge in [-0.25, -0.2) is 4.79 Å². The van der Waals surface area contributed by atoms with Gasteiger partial charge >= 0.3 is 12.0 Å². The van der Waals surface area contributed by atoms with E-state index in [0.29, 0.717) is 12.5 Å². The molecule has 0 aromatic heterocycles. The molecule has 0 radical (unpaired) electrons. The number of urea groups is 1. The highest BCUT2D eigenvalue weighted by atomic mass is 16.4. The van der Waals surface area contributed by atoms with Crippen LogP contribution >= 0.6 is 0 Å². The summed E-state index contributed by atoms with van der Waals surface area (Å²) in [7, 11) is 0. The van der Waals surface area contributed by atoms with Crippen molar-refractivity contribution in [2.24, 2.45) is 5.92 Å². The molecule has 19 heavy (non-hydrogen) atoms. The standard InChI is InChI=1S/C14H26N2O3/c1-10(13(17)18)6-5-7-11(2)15-14(19)16-12-8-3-4-9-12/h10-12H,3-9H2,1-2H3,(H,17,18)(H2,15,16,19). The Morgan fingerprint density at radius 2 is 1.84 bits per heavy atom. The Morgan fingerprint density at radius 3 is 2.42 bits per heavy atom. The van der Waals surface area contributed by atoms with E-state index in [4.69, 9.17) is 5.11 Å². The van der Waals surface area contributed by atoms with Crippen molar-refractivity contribution in [2.45, 2.75) is 70.9 Å². The van der Waals surface area contributed by atoms with Crippen LogP contribution in [0.2, 0.25) is 0 Å². The third kappa shape index (κ3) is 6.45. The number of carbonyl (C=O) groups excluding carboxylic acids is 1. The molecule has 5 heteroatoms. The SMILES string of the molecule is CC(CCCC(C)C(=O)O)NC(=O)NC1CCCC1. The van der Waals surface area contributed by atoms with Gasteiger partial charge in [0.1, 0.15) is 0 Å². The van der Waals surface area contributed by atoms with Crippen molar-refractivity contribution in [3.05, 3.63) is 0 Å². The van der Waals surface area contributed by atoms with E-state index in [1.165, 1.54) is 12.8 Å². The summed E-state index contributed by atoms with van der Waals surface area (Å²) in [6, 6.07) is 0.326. The van der Waals surface area contributed by atoms with Crippen molar-refractivity contribution in [3.8, 4) is 0 Å². The minimum atomic E-state index is -0.750. The van der Waals surface area contributed by atoms with Crippen LogP contribution in [0.5, 0.6) is 0 Å². The number of carboxylic acids is 1. The Kier molecular flexibility index (Phi) is 6.67. The first-order valence-corrected chi connectivity index (χ1v) is 7.29. The van der Waals surface area contributed by atoms with E-state index in [0.717, 1.165) is 25.7 Å². The lowest BCUT2D eigenvalue weighted by molar-refractivity contribution is -0.141. The molecule has 1 saturated carbocycles. The van der Waals surface area contributed by atoms with Gasteiger partial charge in [0.25, 0.3) is 0 Å². The van der Waals surface area contributed by atoms with Crippen LogP contribution in [0.3, 0.4) is 0 Å². The topological polar surface area (TPSA) is 78.4 Å². The second-order valence-corrected chi connectivity index (χ2v) is 5.67. The fourth-order valence-electron chi connectivity index (χ4n) is 2.45. The van der Waals surface area contributed by atoms with E-state index in [-0.39, 0.29) is 18.0 Å².